The van der Waals surface area contributed by atoms with Gasteiger partial charge in [0.25, 0.3) is 0 Å². The van der Waals surface area contributed by atoms with Crippen LogP contribution in [0.5, 0.6) is 0 Å². The van der Waals surface area contributed by atoms with Crippen LogP contribution in [-0.4, -0.2) is 19.9 Å². The molecule has 0 spiro atoms. The Morgan fingerprint density at radius 3 is 2.48 bits per heavy atom. The van der Waals surface area contributed by atoms with Crippen LogP contribution in [0.4, 0.5) is 6.01 Å². The van der Waals surface area contributed by atoms with Gasteiger partial charge >= 0.3 is 6.01 Å². The van der Waals surface area contributed by atoms with Crippen LogP contribution in [0.3, 0.4) is 0 Å². The zero-order valence-corrected chi connectivity index (χ0v) is 13.5. The van der Waals surface area contributed by atoms with Crippen LogP contribution in [0.15, 0.2) is 77.6 Å². The van der Waals surface area contributed by atoms with E-state index >= 15 is 0 Å². The summed E-state index contributed by atoms with van der Waals surface area (Å²) in [6.45, 7) is 1.39. The predicted molar refractivity (Wildman–Crippen MR) is 94.8 cm³/mol. The lowest BCUT2D eigenvalue weighted by Crippen LogP contribution is -2.02. The third-order valence-corrected chi connectivity index (χ3v) is 3.83. The number of nitrogens with one attached hydrogen (secondary N) is 1. The highest BCUT2D eigenvalue weighted by Crippen LogP contribution is 2.17. The number of anilines is 1. The Kier molecular flexibility index (Phi) is 4.24. The van der Waals surface area contributed by atoms with E-state index in [2.05, 4.69) is 44.8 Å². The van der Waals surface area contributed by atoms with Gasteiger partial charge in [0.1, 0.15) is 0 Å². The van der Waals surface area contributed by atoms with Crippen LogP contribution in [0, 0.1) is 0 Å². The van der Waals surface area contributed by atoms with Crippen molar-refractivity contribution in [3.63, 3.8) is 0 Å². The highest BCUT2D eigenvalue weighted by molar-refractivity contribution is 5.54. The standard InChI is InChI=1S/C19H17N5O/c1-2-5-17(6-3-1)18-22-19(25-23-18)20-13-15-7-9-16(10-8-15)14-24-12-4-11-21-24/h1-12H,13-14H2,(H,20,22,23). The van der Waals surface area contributed by atoms with Crippen molar-refractivity contribution < 1.29 is 4.52 Å². The van der Waals surface area contributed by atoms with Gasteiger partial charge in [0.15, 0.2) is 0 Å². The Balaban J connectivity index is 1.36. The number of hydrogen-bond donors (Lipinski definition) is 1. The zero-order valence-electron chi connectivity index (χ0n) is 13.5. The fourth-order valence-corrected chi connectivity index (χ4v) is 2.52. The molecule has 25 heavy (non-hydrogen) atoms. The molecule has 2 aromatic heterocycles. The molecule has 0 bridgehead atoms. The van der Waals surface area contributed by atoms with Crippen molar-refractivity contribution in [2.45, 2.75) is 13.1 Å². The van der Waals surface area contributed by atoms with E-state index in [1.54, 1.807) is 6.20 Å². The van der Waals surface area contributed by atoms with Crippen LogP contribution in [-0.2, 0) is 13.1 Å². The molecule has 0 amide bonds. The van der Waals surface area contributed by atoms with Gasteiger partial charge in [0.2, 0.25) is 5.82 Å². The van der Waals surface area contributed by atoms with Gasteiger partial charge in [-0.15, -0.1) is 0 Å². The summed E-state index contributed by atoms with van der Waals surface area (Å²) in [5.74, 6) is 0.581. The van der Waals surface area contributed by atoms with E-state index in [1.165, 1.54) is 5.56 Å². The molecule has 0 saturated heterocycles. The lowest BCUT2D eigenvalue weighted by Gasteiger charge is -2.05. The fraction of sp³-hybridized carbons (Fsp3) is 0.105. The van der Waals surface area contributed by atoms with Crippen molar-refractivity contribution in [2.24, 2.45) is 0 Å². The first-order chi connectivity index (χ1) is 12.4. The van der Waals surface area contributed by atoms with Gasteiger partial charge in [-0.3, -0.25) is 4.68 Å². The van der Waals surface area contributed by atoms with Gasteiger partial charge in [-0.05, 0) is 17.2 Å². The molecule has 0 aliphatic heterocycles. The van der Waals surface area contributed by atoms with Gasteiger partial charge in [-0.25, -0.2) is 0 Å². The second-order valence-corrected chi connectivity index (χ2v) is 5.66. The lowest BCUT2D eigenvalue weighted by molar-refractivity contribution is 0.432. The van der Waals surface area contributed by atoms with Gasteiger partial charge < -0.3 is 9.84 Å². The van der Waals surface area contributed by atoms with Crippen LogP contribution < -0.4 is 5.32 Å². The molecule has 124 valence electrons. The normalized spacial score (nSPS) is 10.7. The van der Waals surface area contributed by atoms with Gasteiger partial charge in [-0.1, -0.05) is 59.8 Å². The number of aromatic nitrogens is 4. The van der Waals surface area contributed by atoms with Crippen LogP contribution >= 0.6 is 0 Å². The topological polar surface area (TPSA) is 68.8 Å². The maximum absolute atomic E-state index is 5.25. The van der Waals surface area contributed by atoms with Gasteiger partial charge in [-0.2, -0.15) is 10.1 Å². The molecule has 6 heteroatoms. The van der Waals surface area contributed by atoms with Crippen molar-refractivity contribution in [3.05, 3.63) is 84.2 Å². The number of rotatable bonds is 6. The largest absolute Gasteiger partial charge is 0.334 e. The maximum atomic E-state index is 5.25. The zero-order chi connectivity index (χ0) is 16.9. The average molecular weight is 331 g/mol. The first kappa shape index (κ1) is 15.1. The fourth-order valence-electron chi connectivity index (χ4n) is 2.52. The van der Waals surface area contributed by atoms with E-state index in [-0.39, 0.29) is 0 Å². The van der Waals surface area contributed by atoms with E-state index in [4.69, 9.17) is 4.52 Å². The summed E-state index contributed by atoms with van der Waals surface area (Å²) < 4.78 is 7.15. The first-order valence-electron chi connectivity index (χ1n) is 8.05. The first-order valence-corrected chi connectivity index (χ1v) is 8.05. The summed E-state index contributed by atoms with van der Waals surface area (Å²) in [5.41, 5.74) is 3.28. The Bertz CT molecular complexity index is 914. The summed E-state index contributed by atoms with van der Waals surface area (Å²) in [6, 6.07) is 20.5. The molecule has 4 rings (SSSR count). The summed E-state index contributed by atoms with van der Waals surface area (Å²) in [6.07, 6.45) is 3.74. The smallest absolute Gasteiger partial charge is 0.322 e. The highest BCUT2D eigenvalue weighted by Gasteiger charge is 2.07. The van der Waals surface area contributed by atoms with E-state index < -0.39 is 0 Å². The Hall–Kier alpha value is -3.41. The predicted octanol–water partition coefficient (Wildman–Crippen LogP) is 3.59. The van der Waals surface area contributed by atoms with E-state index in [0.29, 0.717) is 18.4 Å². The Morgan fingerprint density at radius 1 is 0.920 bits per heavy atom. The van der Waals surface area contributed by atoms with Crippen molar-refractivity contribution >= 4 is 6.01 Å². The summed E-state index contributed by atoms with van der Waals surface area (Å²) >= 11 is 0. The number of hydrogen-bond acceptors (Lipinski definition) is 5. The average Bonchev–Trinajstić information content (AvgIpc) is 3.34. The molecule has 2 aromatic carbocycles. The van der Waals surface area contributed by atoms with E-state index in [0.717, 1.165) is 17.7 Å². The molecule has 0 unspecified atom stereocenters. The molecule has 0 atom stereocenters. The maximum Gasteiger partial charge on any atom is 0.322 e. The third kappa shape index (κ3) is 3.74. The summed E-state index contributed by atoms with van der Waals surface area (Å²) in [7, 11) is 0. The van der Waals surface area contributed by atoms with E-state index in [9.17, 15) is 0 Å². The third-order valence-electron chi connectivity index (χ3n) is 3.83. The molecule has 0 aliphatic carbocycles. The van der Waals surface area contributed by atoms with Crippen molar-refractivity contribution in [3.8, 4) is 11.4 Å². The Labute approximate surface area is 145 Å². The van der Waals surface area contributed by atoms with Crippen LogP contribution in [0.2, 0.25) is 0 Å². The second kappa shape index (κ2) is 7.00. The second-order valence-electron chi connectivity index (χ2n) is 5.66. The number of nitrogens with zero attached hydrogens (tertiary/aromatic N) is 4. The minimum absolute atomic E-state index is 0.416. The molecule has 4 aromatic rings. The minimum atomic E-state index is 0.416. The molecule has 6 nitrogen and oxygen atoms in total. The molecular formula is C19H17N5O. The Morgan fingerprint density at radius 2 is 1.72 bits per heavy atom. The molecule has 1 N–H and O–H groups in total. The highest BCUT2D eigenvalue weighted by atomic mass is 16.5. The van der Waals surface area contributed by atoms with Crippen LogP contribution in [0.25, 0.3) is 11.4 Å². The van der Waals surface area contributed by atoms with Gasteiger partial charge in [0.05, 0.1) is 6.54 Å². The summed E-state index contributed by atoms with van der Waals surface area (Å²) in [5, 5.41) is 11.4. The number of benzene rings is 2. The summed E-state index contributed by atoms with van der Waals surface area (Å²) in [4.78, 5) is 4.36. The molecule has 0 saturated carbocycles. The quantitative estimate of drug-likeness (QED) is 0.585. The SMILES string of the molecule is c1ccc(-c2noc(NCc3ccc(Cn4cccn4)cc3)n2)cc1. The minimum Gasteiger partial charge on any atom is -0.334 e. The monoisotopic (exact) mass is 331 g/mol. The van der Waals surface area contributed by atoms with Crippen molar-refractivity contribution in [1.82, 2.24) is 19.9 Å². The lowest BCUT2D eigenvalue weighted by atomic mass is 10.1. The van der Waals surface area contributed by atoms with Crippen LogP contribution in [0.1, 0.15) is 11.1 Å². The van der Waals surface area contributed by atoms with E-state index in [1.807, 2.05) is 47.3 Å². The van der Waals surface area contributed by atoms with Crippen molar-refractivity contribution in [2.75, 3.05) is 5.32 Å². The molecular weight excluding hydrogens is 314 g/mol. The molecule has 2 heterocycles. The molecule has 0 fully saturated rings. The molecule has 0 radical (unpaired) electrons. The molecule has 0 aliphatic rings. The van der Waals surface area contributed by atoms with Gasteiger partial charge in [0, 0.05) is 24.5 Å². The van der Waals surface area contributed by atoms with Crippen molar-refractivity contribution in [1.29, 1.82) is 0 Å².